The molecule has 1 saturated carbocycles. The maximum absolute atomic E-state index is 13.2. The molecule has 8 heteroatoms. The molecule has 8 nitrogen and oxygen atoms in total. The first-order chi connectivity index (χ1) is 16.6. The standard InChI is InChI=1S/C26H39N7O/c27-24-29-25(28)33(26(30-24)14-4-3-5-15-26)22-12-10-21(11-13-22)32-18-8-9-20(19-32)23(34)31-16-6-1-2-7-17-31/h10-13,20H,1-9,14-19H2,(H4,27,28,29,30). The van der Waals surface area contributed by atoms with Gasteiger partial charge in [-0.25, -0.2) is 4.99 Å². The molecular formula is C26H39N7O. The first-order valence-electron chi connectivity index (χ1n) is 13.2. The minimum absolute atomic E-state index is 0.0965. The Kier molecular flexibility index (Phi) is 6.66. The number of hydrogen-bond acceptors (Lipinski definition) is 7. The van der Waals surface area contributed by atoms with Crippen LogP contribution in [0.1, 0.15) is 70.6 Å². The van der Waals surface area contributed by atoms with Crippen molar-refractivity contribution in [1.29, 1.82) is 0 Å². The fourth-order valence-electron chi connectivity index (χ4n) is 6.27. The van der Waals surface area contributed by atoms with Gasteiger partial charge in [-0.1, -0.05) is 19.3 Å². The van der Waals surface area contributed by atoms with Gasteiger partial charge in [0.2, 0.25) is 17.8 Å². The summed E-state index contributed by atoms with van der Waals surface area (Å²) >= 11 is 0. The van der Waals surface area contributed by atoms with E-state index in [0.717, 1.165) is 88.9 Å². The Labute approximate surface area is 203 Å². The number of benzene rings is 1. The van der Waals surface area contributed by atoms with Crippen LogP contribution in [0.15, 0.2) is 34.3 Å². The Morgan fingerprint density at radius 2 is 1.50 bits per heavy atom. The van der Waals surface area contributed by atoms with E-state index in [-0.39, 0.29) is 11.9 Å². The number of anilines is 2. The van der Waals surface area contributed by atoms with E-state index < -0.39 is 5.66 Å². The topological polar surface area (TPSA) is 104 Å². The Hall–Kier alpha value is -2.77. The first kappa shape index (κ1) is 23.0. The van der Waals surface area contributed by atoms with E-state index in [2.05, 4.69) is 44.0 Å². The summed E-state index contributed by atoms with van der Waals surface area (Å²) in [7, 11) is 0. The minimum Gasteiger partial charge on any atom is -0.371 e. The molecule has 1 amide bonds. The summed E-state index contributed by atoms with van der Waals surface area (Å²) in [5, 5.41) is 0. The Bertz CT molecular complexity index is 927. The summed E-state index contributed by atoms with van der Waals surface area (Å²) in [5.41, 5.74) is 14.1. The molecule has 1 aromatic carbocycles. The molecule has 4 N–H and O–H groups in total. The average Bonchev–Trinajstić information content (AvgIpc) is 3.14. The van der Waals surface area contributed by atoms with Gasteiger partial charge in [0.1, 0.15) is 5.66 Å². The first-order valence-corrected chi connectivity index (χ1v) is 13.2. The highest BCUT2D eigenvalue weighted by Gasteiger charge is 2.42. The lowest BCUT2D eigenvalue weighted by atomic mass is 9.87. The van der Waals surface area contributed by atoms with Gasteiger partial charge in [0, 0.05) is 37.6 Å². The maximum Gasteiger partial charge on any atom is 0.227 e. The van der Waals surface area contributed by atoms with E-state index in [1.807, 2.05) is 0 Å². The summed E-state index contributed by atoms with van der Waals surface area (Å²) in [4.78, 5) is 28.8. The molecule has 0 radical (unpaired) electrons. The van der Waals surface area contributed by atoms with Gasteiger partial charge in [0.15, 0.2) is 0 Å². The molecule has 184 valence electrons. The molecule has 1 spiro atoms. The quantitative estimate of drug-likeness (QED) is 0.712. The fourth-order valence-corrected chi connectivity index (χ4v) is 6.27. The second-order valence-corrected chi connectivity index (χ2v) is 10.4. The number of carbonyl (C=O) groups excluding carboxylic acids is 1. The van der Waals surface area contributed by atoms with Crippen molar-refractivity contribution in [3.63, 3.8) is 0 Å². The van der Waals surface area contributed by atoms with Crippen LogP contribution in [0.5, 0.6) is 0 Å². The normalized spacial score (nSPS) is 25.5. The second kappa shape index (κ2) is 9.84. The summed E-state index contributed by atoms with van der Waals surface area (Å²) in [6.45, 7) is 3.64. The lowest BCUT2D eigenvalue weighted by Gasteiger charge is -2.45. The summed E-state index contributed by atoms with van der Waals surface area (Å²) in [6, 6.07) is 8.54. The van der Waals surface area contributed by atoms with Crippen LogP contribution in [0.25, 0.3) is 0 Å². The van der Waals surface area contributed by atoms with E-state index in [4.69, 9.17) is 16.5 Å². The van der Waals surface area contributed by atoms with Gasteiger partial charge in [0.25, 0.3) is 0 Å². The maximum atomic E-state index is 13.2. The van der Waals surface area contributed by atoms with Crippen LogP contribution in [0, 0.1) is 5.92 Å². The number of hydrogen-bond donors (Lipinski definition) is 2. The highest BCUT2D eigenvalue weighted by molar-refractivity contribution is 6.05. The molecule has 3 aliphatic heterocycles. The number of rotatable bonds is 3. The third kappa shape index (κ3) is 4.59. The molecule has 1 unspecified atom stereocenters. The highest BCUT2D eigenvalue weighted by Crippen LogP contribution is 2.40. The number of carbonyl (C=O) groups is 1. The lowest BCUT2D eigenvalue weighted by Crippen LogP contribution is -2.58. The number of nitrogens with zero attached hydrogens (tertiary/aromatic N) is 5. The van der Waals surface area contributed by atoms with E-state index in [0.29, 0.717) is 11.9 Å². The molecule has 1 atom stereocenters. The molecule has 3 fully saturated rings. The molecule has 4 aliphatic rings. The van der Waals surface area contributed by atoms with Crippen molar-refractivity contribution >= 4 is 29.2 Å². The smallest absolute Gasteiger partial charge is 0.227 e. The van der Waals surface area contributed by atoms with Gasteiger partial charge in [-0.3, -0.25) is 9.69 Å². The van der Waals surface area contributed by atoms with E-state index in [1.54, 1.807) is 0 Å². The number of aliphatic imine (C=N–C) groups is 2. The summed E-state index contributed by atoms with van der Waals surface area (Å²) < 4.78 is 0. The number of piperidine rings is 1. The predicted octanol–water partition coefficient (Wildman–Crippen LogP) is 3.42. The van der Waals surface area contributed by atoms with Crippen LogP contribution in [0.2, 0.25) is 0 Å². The van der Waals surface area contributed by atoms with Crippen molar-refractivity contribution in [1.82, 2.24) is 4.90 Å². The van der Waals surface area contributed by atoms with Gasteiger partial charge < -0.3 is 21.3 Å². The molecule has 5 rings (SSSR count). The second-order valence-electron chi connectivity index (χ2n) is 10.4. The van der Waals surface area contributed by atoms with Crippen LogP contribution in [0.3, 0.4) is 0 Å². The summed E-state index contributed by atoms with van der Waals surface area (Å²) in [5.74, 6) is 1.15. The van der Waals surface area contributed by atoms with Gasteiger partial charge in [-0.05, 0) is 75.6 Å². The van der Waals surface area contributed by atoms with Crippen molar-refractivity contribution in [3.8, 4) is 0 Å². The number of amides is 1. The van der Waals surface area contributed by atoms with Gasteiger partial charge in [0.05, 0.1) is 5.92 Å². The molecule has 1 aliphatic carbocycles. The van der Waals surface area contributed by atoms with Crippen LogP contribution in [-0.4, -0.2) is 54.6 Å². The van der Waals surface area contributed by atoms with Crippen molar-refractivity contribution < 1.29 is 4.79 Å². The fraction of sp³-hybridized carbons (Fsp3) is 0.654. The average molecular weight is 466 g/mol. The molecule has 0 aromatic heterocycles. The van der Waals surface area contributed by atoms with Gasteiger partial charge >= 0.3 is 0 Å². The molecular weight excluding hydrogens is 426 g/mol. The van der Waals surface area contributed by atoms with Gasteiger partial charge in [-0.2, -0.15) is 4.99 Å². The number of guanidine groups is 2. The van der Waals surface area contributed by atoms with Crippen LogP contribution in [-0.2, 0) is 4.79 Å². The third-order valence-corrected chi connectivity index (χ3v) is 8.01. The van der Waals surface area contributed by atoms with Gasteiger partial charge in [-0.15, -0.1) is 0 Å². The number of likely N-dealkylation sites (tertiary alicyclic amines) is 1. The van der Waals surface area contributed by atoms with Crippen molar-refractivity contribution in [2.45, 2.75) is 76.3 Å². The Balaban J connectivity index is 1.31. The van der Waals surface area contributed by atoms with Crippen molar-refractivity contribution in [2.24, 2.45) is 27.4 Å². The molecule has 34 heavy (non-hydrogen) atoms. The molecule has 2 saturated heterocycles. The van der Waals surface area contributed by atoms with E-state index >= 15 is 0 Å². The molecule has 0 bridgehead atoms. The summed E-state index contributed by atoms with van der Waals surface area (Å²) in [6.07, 6.45) is 12.1. The zero-order valence-corrected chi connectivity index (χ0v) is 20.3. The molecule has 1 aromatic rings. The van der Waals surface area contributed by atoms with Crippen molar-refractivity contribution in [2.75, 3.05) is 36.0 Å². The lowest BCUT2D eigenvalue weighted by molar-refractivity contribution is -0.135. The minimum atomic E-state index is -0.425. The number of nitrogens with two attached hydrogens (primary N) is 2. The van der Waals surface area contributed by atoms with Crippen LogP contribution in [0.4, 0.5) is 11.4 Å². The Morgan fingerprint density at radius 3 is 2.21 bits per heavy atom. The van der Waals surface area contributed by atoms with E-state index in [9.17, 15) is 4.79 Å². The largest absolute Gasteiger partial charge is 0.371 e. The monoisotopic (exact) mass is 465 g/mol. The molecule has 3 heterocycles. The third-order valence-electron chi connectivity index (χ3n) is 8.01. The van der Waals surface area contributed by atoms with Crippen molar-refractivity contribution in [3.05, 3.63) is 24.3 Å². The van der Waals surface area contributed by atoms with E-state index in [1.165, 1.54) is 19.3 Å². The van der Waals surface area contributed by atoms with Crippen LogP contribution < -0.4 is 21.3 Å². The highest BCUT2D eigenvalue weighted by atomic mass is 16.2. The zero-order chi connectivity index (χ0) is 23.5. The SMILES string of the molecule is NC1=NC2(CCCCC2)N(c2ccc(N3CCCC(C(=O)N4CCCCCC4)C3)cc2)C(N)=N1. The predicted molar refractivity (Wildman–Crippen MR) is 138 cm³/mol. The zero-order valence-electron chi connectivity index (χ0n) is 20.3. The van der Waals surface area contributed by atoms with Crippen LogP contribution >= 0.6 is 0 Å². The Morgan fingerprint density at radius 1 is 0.853 bits per heavy atom.